The van der Waals surface area contributed by atoms with Crippen LogP contribution in [0.5, 0.6) is 11.5 Å². The minimum Gasteiger partial charge on any atom is -0.497 e. The number of benzene rings is 1. The highest BCUT2D eigenvalue weighted by molar-refractivity contribution is 6.03. The molecule has 0 spiro atoms. The average Bonchev–Trinajstić information content (AvgIpc) is 3.47. The van der Waals surface area contributed by atoms with Crippen molar-refractivity contribution >= 4 is 22.9 Å². The molecule has 3 aromatic rings. The van der Waals surface area contributed by atoms with Gasteiger partial charge in [-0.1, -0.05) is 6.92 Å². The van der Waals surface area contributed by atoms with Crippen LogP contribution in [0.25, 0.3) is 11.1 Å². The van der Waals surface area contributed by atoms with Gasteiger partial charge in [-0.3, -0.25) is 9.59 Å². The third-order valence-corrected chi connectivity index (χ3v) is 7.98. The number of furan rings is 1. The summed E-state index contributed by atoms with van der Waals surface area (Å²) < 4.78 is 18.4. The summed E-state index contributed by atoms with van der Waals surface area (Å²) in [6.45, 7) is 4.86. The van der Waals surface area contributed by atoms with Gasteiger partial charge in [0.15, 0.2) is 5.58 Å². The lowest BCUT2D eigenvalue weighted by Gasteiger charge is -2.45. The minimum atomic E-state index is -1.05. The van der Waals surface area contributed by atoms with Crippen molar-refractivity contribution in [3.05, 3.63) is 47.9 Å². The SMILES string of the molecule is COc1ccc(OC)c(CCN2C(=O)c3cc4occc4n3CC2(C)C(=O)NC2CCC(C)CC2)c1. The highest BCUT2D eigenvalue weighted by Crippen LogP contribution is 2.34. The number of hydrogen-bond donors (Lipinski definition) is 1. The first-order valence-electron chi connectivity index (χ1n) is 12.7. The number of rotatable bonds is 7. The van der Waals surface area contributed by atoms with E-state index in [4.69, 9.17) is 13.9 Å². The first kappa shape index (κ1) is 24.3. The molecule has 2 aliphatic rings. The van der Waals surface area contributed by atoms with E-state index in [9.17, 15) is 9.59 Å². The zero-order chi connectivity index (χ0) is 25.4. The van der Waals surface area contributed by atoms with Crippen LogP contribution < -0.4 is 14.8 Å². The number of carbonyl (C=O) groups is 2. The largest absolute Gasteiger partial charge is 0.497 e. The summed E-state index contributed by atoms with van der Waals surface area (Å²) in [6, 6.07) is 9.39. The van der Waals surface area contributed by atoms with Crippen molar-refractivity contribution in [2.45, 2.75) is 64.1 Å². The smallest absolute Gasteiger partial charge is 0.271 e. The van der Waals surface area contributed by atoms with Gasteiger partial charge in [0.25, 0.3) is 5.91 Å². The van der Waals surface area contributed by atoms with Gasteiger partial charge in [0.2, 0.25) is 5.91 Å². The van der Waals surface area contributed by atoms with E-state index >= 15 is 0 Å². The molecular formula is C28H35N3O5. The number of aromatic nitrogens is 1. The Morgan fingerprint density at radius 1 is 1.14 bits per heavy atom. The van der Waals surface area contributed by atoms with Gasteiger partial charge in [0, 0.05) is 24.7 Å². The van der Waals surface area contributed by atoms with E-state index in [0.717, 1.165) is 48.3 Å². The van der Waals surface area contributed by atoms with Crippen LogP contribution in [0.4, 0.5) is 0 Å². The van der Waals surface area contributed by atoms with Gasteiger partial charge in [0.05, 0.1) is 32.5 Å². The number of ether oxygens (including phenoxy) is 2. The molecule has 1 aliphatic carbocycles. The van der Waals surface area contributed by atoms with Crippen LogP contribution in [-0.4, -0.2) is 53.6 Å². The van der Waals surface area contributed by atoms with E-state index < -0.39 is 5.54 Å². The molecule has 8 heteroatoms. The maximum atomic E-state index is 13.9. The summed E-state index contributed by atoms with van der Waals surface area (Å²) in [7, 11) is 3.25. The third kappa shape index (κ3) is 4.22. The molecule has 192 valence electrons. The Kier molecular flexibility index (Phi) is 6.45. The number of nitrogens with zero attached hydrogens (tertiary/aromatic N) is 2. The Bertz CT molecular complexity index is 1270. The number of amides is 2. The molecule has 0 radical (unpaired) electrons. The highest BCUT2D eigenvalue weighted by atomic mass is 16.5. The van der Waals surface area contributed by atoms with Crippen LogP contribution in [0.1, 0.15) is 55.6 Å². The Morgan fingerprint density at radius 2 is 1.92 bits per heavy atom. The Morgan fingerprint density at radius 3 is 2.64 bits per heavy atom. The van der Waals surface area contributed by atoms with Crippen molar-refractivity contribution in [3.8, 4) is 11.5 Å². The molecule has 5 rings (SSSR count). The van der Waals surface area contributed by atoms with Gasteiger partial charge < -0.3 is 28.7 Å². The number of methoxy groups -OCH3 is 2. The Balaban J connectivity index is 1.46. The summed E-state index contributed by atoms with van der Waals surface area (Å²) in [6.07, 6.45) is 6.29. The first-order valence-corrected chi connectivity index (χ1v) is 12.7. The topological polar surface area (TPSA) is 85.9 Å². The van der Waals surface area contributed by atoms with Gasteiger partial charge in [-0.05, 0) is 68.7 Å². The Hall–Kier alpha value is -3.42. The molecular weight excluding hydrogens is 458 g/mol. The molecule has 2 aromatic heterocycles. The molecule has 1 unspecified atom stereocenters. The fourth-order valence-electron chi connectivity index (χ4n) is 5.68. The fraction of sp³-hybridized carbons (Fsp3) is 0.500. The Labute approximate surface area is 211 Å². The molecule has 0 bridgehead atoms. The number of fused-ring (bicyclic) bond motifs is 3. The molecule has 1 atom stereocenters. The summed E-state index contributed by atoms with van der Waals surface area (Å²) >= 11 is 0. The maximum absolute atomic E-state index is 13.9. The molecule has 0 saturated heterocycles. The second-order valence-corrected chi connectivity index (χ2v) is 10.4. The van der Waals surface area contributed by atoms with E-state index in [1.165, 1.54) is 0 Å². The summed E-state index contributed by atoms with van der Waals surface area (Å²) in [5.74, 6) is 1.85. The van der Waals surface area contributed by atoms with E-state index in [1.807, 2.05) is 35.8 Å². The number of nitrogens with one attached hydrogen (secondary N) is 1. The number of carbonyl (C=O) groups excluding carboxylic acids is 2. The predicted molar refractivity (Wildman–Crippen MR) is 136 cm³/mol. The first-order chi connectivity index (χ1) is 17.3. The lowest BCUT2D eigenvalue weighted by Crippen LogP contribution is -2.65. The second-order valence-electron chi connectivity index (χ2n) is 10.4. The van der Waals surface area contributed by atoms with Crippen molar-refractivity contribution in [3.63, 3.8) is 0 Å². The average molecular weight is 494 g/mol. The van der Waals surface area contributed by atoms with Gasteiger partial charge in [0.1, 0.15) is 22.7 Å². The predicted octanol–water partition coefficient (Wildman–Crippen LogP) is 4.40. The molecule has 1 fully saturated rings. The van der Waals surface area contributed by atoms with Crippen LogP contribution in [0.2, 0.25) is 0 Å². The summed E-state index contributed by atoms with van der Waals surface area (Å²) in [4.78, 5) is 29.5. The molecule has 8 nitrogen and oxygen atoms in total. The lowest BCUT2D eigenvalue weighted by atomic mass is 9.86. The quantitative estimate of drug-likeness (QED) is 0.527. The standard InChI is InChI=1S/C28H35N3O5/c1-18-5-7-20(8-6-18)29-27(33)28(2)17-30-22-12-14-36-25(22)16-23(30)26(32)31(28)13-11-19-15-21(34-3)9-10-24(19)35-4/h9-10,12,14-16,18,20H,5-8,11,13,17H2,1-4H3,(H,29,33). The van der Waals surface area contributed by atoms with E-state index in [2.05, 4.69) is 12.2 Å². The molecule has 1 aliphatic heterocycles. The molecule has 3 heterocycles. The van der Waals surface area contributed by atoms with Crippen LogP contribution in [0, 0.1) is 5.92 Å². The van der Waals surface area contributed by atoms with E-state index in [-0.39, 0.29) is 17.9 Å². The van der Waals surface area contributed by atoms with Crippen molar-refractivity contribution in [1.29, 1.82) is 0 Å². The monoisotopic (exact) mass is 493 g/mol. The highest BCUT2D eigenvalue weighted by Gasteiger charge is 2.48. The van der Waals surface area contributed by atoms with Gasteiger partial charge in [-0.2, -0.15) is 0 Å². The van der Waals surface area contributed by atoms with Crippen LogP contribution in [0.15, 0.2) is 41.0 Å². The van der Waals surface area contributed by atoms with E-state index in [1.54, 1.807) is 31.4 Å². The normalized spacial score (nSPS) is 24.0. The van der Waals surface area contributed by atoms with Crippen molar-refractivity contribution in [1.82, 2.24) is 14.8 Å². The van der Waals surface area contributed by atoms with Crippen LogP contribution in [-0.2, 0) is 17.8 Å². The number of hydrogen-bond acceptors (Lipinski definition) is 5. The van der Waals surface area contributed by atoms with Gasteiger partial charge in [-0.25, -0.2) is 0 Å². The van der Waals surface area contributed by atoms with Gasteiger partial charge >= 0.3 is 0 Å². The zero-order valence-corrected chi connectivity index (χ0v) is 21.5. The molecule has 2 amide bonds. The van der Waals surface area contributed by atoms with Crippen molar-refractivity contribution < 1.29 is 23.5 Å². The maximum Gasteiger partial charge on any atom is 0.271 e. The molecule has 1 N–H and O–H groups in total. The van der Waals surface area contributed by atoms with Crippen molar-refractivity contribution in [2.75, 3.05) is 20.8 Å². The fourth-order valence-corrected chi connectivity index (χ4v) is 5.68. The van der Waals surface area contributed by atoms with Crippen LogP contribution in [0.3, 0.4) is 0 Å². The third-order valence-electron chi connectivity index (χ3n) is 7.98. The second kappa shape index (κ2) is 9.56. The van der Waals surface area contributed by atoms with Gasteiger partial charge in [-0.15, -0.1) is 0 Å². The zero-order valence-electron chi connectivity index (χ0n) is 21.5. The molecule has 1 aromatic carbocycles. The van der Waals surface area contributed by atoms with E-state index in [0.29, 0.717) is 36.7 Å². The summed E-state index contributed by atoms with van der Waals surface area (Å²) in [5, 5.41) is 3.29. The summed E-state index contributed by atoms with van der Waals surface area (Å²) in [5.41, 5.74) is 1.89. The van der Waals surface area contributed by atoms with Crippen LogP contribution >= 0.6 is 0 Å². The van der Waals surface area contributed by atoms with Crippen molar-refractivity contribution in [2.24, 2.45) is 5.92 Å². The lowest BCUT2D eigenvalue weighted by molar-refractivity contribution is -0.133. The molecule has 1 saturated carbocycles. The minimum absolute atomic E-state index is 0.107. The molecule has 36 heavy (non-hydrogen) atoms.